The lowest BCUT2D eigenvalue weighted by atomic mass is 10.0. The fraction of sp³-hybridized carbons (Fsp3) is 0.160. The molecule has 7 nitrogen and oxygen atoms in total. The number of aryl methyl sites for hydroxylation is 1. The second kappa shape index (κ2) is 8.93. The molecule has 0 aliphatic carbocycles. The second-order valence-electron chi connectivity index (χ2n) is 7.30. The number of carbonyl (C=O) groups excluding carboxylic acids is 2. The molecule has 32 heavy (non-hydrogen) atoms. The van der Waals surface area contributed by atoms with E-state index in [-0.39, 0.29) is 17.8 Å². The van der Waals surface area contributed by atoms with Crippen molar-refractivity contribution >= 4 is 23.1 Å². The van der Waals surface area contributed by atoms with Crippen LogP contribution in [0.1, 0.15) is 16.8 Å². The summed E-state index contributed by atoms with van der Waals surface area (Å²) in [5.74, 6) is 0.203. The highest BCUT2D eigenvalue weighted by Gasteiger charge is 2.40. The molecule has 1 aliphatic rings. The zero-order chi connectivity index (χ0) is 22.7. The first kappa shape index (κ1) is 21.1. The number of anilines is 1. The van der Waals surface area contributed by atoms with E-state index in [1.54, 1.807) is 43.6 Å². The molecule has 1 aliphatic heterocycles. The van der Waals surface area contributed by atoms with Crippen molar-refractivity contribution in [3.8, 4) is 11.5 Å². The number of methoxy groups -OCH3 is 2. The van der Waals surface area contributed by atoms with E-state index >= 15 is 0 Å². The molecular formula is C25H23N3O4. The van der Waals surface area contributed by atoms with Crippen LogP contribution in [0.4, 0.5) is 5.69 Å². The third-order valence-electron chi connectivity index (χ3n) is 5.21. The lowest BCUT2D eigenvalue weighted by Gasteiger charge is -2.15. The first-order valence-corrected chi connectivity index (χ1v) is 10.1. The van der Waals surface area contributed by atoms with E-state index < -0.39 is 11.8 Å². The maximum atomic E-state index is 13.5. The first-order chi connectivity index (χ1) is 15.5. The van der Waals surface area contributed by atoms with Crippen LogP contribution in [-0.4, -0.2) is 35.9 Å². The minimum absolute atomic E-state index is 0.0628. The molecule has 162 valence electrons. The number of rotatable bonds is 7. The van der Waals surface area contributed by atoms with Crippen molar-refractivity contribution in [3.05, 3.63) is 89.4 Å². The Bertz CT molecular complexity index is 1200. The highest BCUT2D eigenvalue weighted by Crippen LogP contribution is 2.37. The fourth-order valence-electron chi connectivity index (χ4n) is 3.64. The Morgan fingerprint density at radius 1 is 0.906 bits per heavy atom. The Kier molecular flexibility index (Phi) is 5.89. The Morgan fingerprint density at radius 2 is 1.66 bits per heavy atom. The molecule has 0 spiro atoms. The first-order valence-electron chi connectivity index (χ1n) is 10.1. The number of ether oxygens (including phenoxy) is 2. The molecule has 2 aromatic carbocycles. The maximum Gasteiger partial charge on any atom is 0.278 e. The minimum atomic E-state index is -0.440. The molecule has 2 amide bonds. The highest BCUT2D eigenvalue weighted by molar-refractivity contribution is 6.37. The van der Waals surface area contributed by atoms with Crippen LogP contribution in [0.3, 0.4) is 0 Å². The number of amides is 2. The second-order valence-corrected chi connectivity index (χ2v) is 7.30. The van der Waals surface area contributed by atoms with Gasteiger partial charge in [-0.1, -0.05) is 30.3 Å². The van der Waals surface area contributed by atoms with Crippen molar-refractivity contribution in [1.82, 2.24) is 9.88 Å². The number of benzene rings is 2. The normalized spacial score (nSPS) is 13.5. The highest BCUT2D eigenvalue weighted by atomic mass is 16.5. The van der Waals surface area contributed by atoms with E-state index in [4.69, 9.17) is 9.47 Å². The average molecular weight is 429 g/mol. The standard InChI is InChI=1S/C25H23N3O4/c1-16-11-12-21(32-3)19(14-16)27-23-22(18-9-4-5-10-20(18)31-2)24(29)28(25(23)30)15-17-8-6-7-13-26-17/h4-14,27H,15H2,1-3H3. The summed E-state index contributed by atoms with van der Waals surface area (Å²) in [7, 11) is 3.09. The van der Waals surface area contributed by atoms with Crippen molar-refractivity contribution in [1.29, 1.82) is 0 Å². The number of carbonyl (C=O) groups is 2. The number of imide groups is 1. The smallest absolute Gasteiger partial charge is 0.278 e. The summed E-state index contributed by atoms with van der Waals surface area (Å²) >= 11 is 0. The molecule has 2 heterocycles. The van der Waals surface area contributed by atoms with E-state index in [2.05, 4.69) is 10.3 Å². The third kappa shape index (κ3) is 3.92. The fourth-order valence-corrected chi connectivity index (χ4v) is 3.64. The zero-order valence-corrected chi connectivity index (χ0v) is 18.1. The summed E-state index contributed by atoms with van der Waals surface area (Å²) in [5.41, 5.74) is 3.13. The van der Waals surface area contributed by atoms with Crippen molar-refractivity contribution in [2.75, 3.05) is 19.5 Å². The topological polar surface area (TPSA) is 80.8 Å². The van der Waals surface area contributed by atoms with Crippen LogP contribution in [0, 0.1) is 6.92 Å². The molecule has 0 saturated heterocycles. The van der Waals surface area contributed by atoms with Gasteiger partial charge in [0.2, 0.25) is 0 Å². The largest absolute Gasteiger partial charge is 0.496 e. The monoisotopic (exact) mass is 429 g/mol. The molecule has 0 atom stereocenters. The molecule has 7 heteroatoms. The molecule has 1 N–H and O–H groups in total. The summed E-state index contributed by atoms with van der Waals surface area (Å²) in [6, 6.07) is 18.1. The Morgan fingerprint density at radius 3 is 2.38 bits per heavy atom. The lowest BCUT2D eigenvalue weighted by Crippen LogP contribution is -2.32. The van der Waals surface area contributed by atoms with Gasteiger partial charge in [0.1, 0.15) is 17.2 Å². The SMILES string of the molecule is COc1ccc(C)cc1NC1=C(c2ccccc2OC)C(=O)N(Cc2ccccn2)C1=O. The van der Waals surface area contributed by atoms with Crippen molar-refractivity contribution in [3.63, 3.8) is 0 Å². The van der Waals surface area contributed by atoms with Crippen LogP contribution < -0.4 is 14.8 Å². The maximum absolute atomic E-state index is 13.5. The van der Waals surface area contributed by atoms with Gasteiger partial charge in [-0.05, 0) is 42.8 Å². The predicted molar refractivity (Wildman–Crippen MR) is 121 cm³/mol. The molecule has 4 rings (SSSR count). The van der Waals surface area contributed by atoms with Gasteiger partial charge < -0.3 is 14.8 Å². The van der Waals surface area contributed by atoms with Gasteiger partial charge in [-0.25, -0.2) is 0 Å². The van der Waals surface area contributed by atoms with Crippen LogP contribution in [0.15, 0.2) is 72.6 Å². The number of aromatic nitrogens is 1. The summed E-state index contributed by atoms with van der Waals surface area (Å²) < 4.78 is 10.9. The average Bonchev–Trinajstić information content (AvgIpc) is 3.04. The Hall–Kier alpha value is -4.13. The summed E-state index contributed by atoms with van der Waals surface area (Å²) in [6.45, 7) is 2.00. The van der Waals surface area contributed by atoms with Gasteiger partial charge >= 0.3 is 0 Å². The van der Waals surface area contributed by atoms with Gasteiger partial charge in [-0.2, -0.15) is 0 Å². The predicted octanol–water partition coefficient (Wildman–Crippen LogP) is 3.80. The quantitative estimate of drug-likeness (QED) is 0.576. The number of nitrogens with one attached hydrogen (secondary N) is 1. The van der Waals surface area contributed by atoms with Crippen LogP contribution >= 0.6 is 0 Å². The van der Waals surface area contributed by atoms with Crippen molar-refractivity contribution < 1.29 is 19.1 Å². The van der Waals surface area contributed by atoms with Crippen molar-refractivity contribution in [2.45, 2.75) is 13.5 Å². The number of pyridine rings is 1. The Labute approximate surface area is 186 Å². The molecule has 3 aromatic rings. The number of nitrogens with zero attached hydrogens (tertiary/aromatic N) is 2. The molecule has 0 saturated carbocycles. The van der Waals surface area contributed by atoms with Gasteiger partial charge in [0.15, 0.2) is 0 Å². The van der Waals surface area contributed by atoms with E-state index in [0.717, 1.165) is 5.56 Å². The molecule has 0 bridgehead atoms. The number of para-hydroxylation sites is 1. The van der Waals surface area contributed by atoms with Gasteiger partial charge in [0, 0.05) is 11.8 Å². The number of hydrogen-bond acceptors (Lipinski definition) is 6. The van der Waals surface area contributed by atoms with Gasteiger partial charge in [0.05, 0.1) is 37.7 Å². The minimum Gasteiger partial charge on any atom is -0.496 e. The van der Waals surface area contributed by atoms with Crippen LogP contribution in [0.25, 0.3) is 5.57 Å². The molecule has 0 fully saturated rings. The lowest BCUT2D eigenvalue weighted by molar-refractivity contribution is -0.137. The summed E-state index contributed by atoms with van der Waals surface area (Å²) in [4.78, 5) is 32.4. The van der Waals surface area contributed by atoms with Gasteiger partial charge in [-0.15, -0.1) is 0 Å². The van der Waals surface area contributed by atoms with Crippen LogP contribution in [0.5, 0.6) is 11.5 Å². The van der Waals surface area contributed by atoms with E-state index in [9.17, 15) is 9.59 Å². The zero-order valence-electron chi connectivity index (χ0n) is 18.1. The van der Waals surface area contributed by atoms with Gasteiger partial charge in [0.25, 0.3) is 11.8 Å². The summed E-state index contributed by atoms with van der Waals surface area (Å²) in [6.07, 6.45) is 1.63. The van der Waals surface area contributed by atoms with E-state index in [1.807, 2.05) is 37.3 Å². The number of hydrogen-bond donors (Lipinski definition) is 1. The molecule has 0 unspecified atom stereocenters. The Balaban J connectivity index is 1.82. The van der Waals surface area contributed by atoms with Crippen LogP contribution in [0.2, 0.25) is 0 Å². The summed E-state index contributed by atoms with van der Waals surface area (Å²) in [5, 5.41) is 3.16. The van der Waals surface area contributed by atoms with E-state index in [0.29, 0.717) is 28.4 Å². The molecular weight excluding hydrogens is 406 g/mol. The van der Waals surface area contributed by atoms with Crippen LogP contribution in [-0.2, 0) is 16.1 Å². The van der Waals surface area contributed by atoms with Crippen molar-refractivity contribution in [2.24, 2.45) is 0 Å². The molecule has 1 aromatic heterocycles. The van der Waals surface area contributed by atoms with E-state index in [1.165, 1.54) is 12.0 Å². The molecule has 0 radical (unpaired) electrons. The third-order valence-corrected chi connectivity index (χ3v) is 5.21. The van der Waals surface area contributed by atoms with Gasteiger partial charge in [-0.3, -0.25) is 19.5 Å².